The number of hydrogen-bond acceptors (Lipinski definition) is 4. The maximum absolute atomic E-state index is 11.8. The van der Waals surface area contributed by atoms with Crippen molar-refractivity contribution in [2.75, 3.05) is 31.4 Å². The van der Waals surface area contributed by atoms with E-state index in [-0.39, 0.29) is 5.91 Å². The Morgan fingerprint density at radius 2 is 2.10 bits per heavy atom. The SMILES string of the molecule is COc1ccc(NC(=O)CCOCCCC(C)C)c(N)c1. The van der Waals surface area contributed by atoms with Crippen LogP contribution in [0.5, 0.6) is 5.75 Å². The summed E-state index contributed by atoms with van der Waals surface area (Å²) in [6.45, 7) is 5.51. The molecular formula is C16H26N2O3. The minimum atomic E-state index is -0.101. The number of amides is 1. The summed E-state index contributed by atoms with van der Waals surface area (Å²) in [5, 5.41) is 2.77. The molecule has 0 aliphatic rings. The number of carbonyl (C=O) groups is 1. The first-order valence-electron chi connectivity index (χ1n) is 7.34. The van der Waals surface area contributed by atoms with E-state index in [2.05, 4.69) is 19.2 Å². The van der Waals surface area contributed by atoms with Crippen molar-refractivity contribution in [1.82, 2.24) is 0 Å². The number of nitrogens with two attached hydrogens (primary N) is 1. The number of nitrogens with one attached hydrogen (secondary N) is 1. The number of ether oxygens (including phenoxy) is 2. The van der Waals surface area contributed by atoms with Crippen molar-refractivity contribution >= 4 is 17.3 Å². The van der Waals surface area contributed by atoms with Gasteiger partial charge in [0.05, 0.1) is 31.5 Å². The third-order valence-electron chi connectivity index (χ3n) is 3.08. The fraction of sp³-hybridized carbons (Fsp3) is 0.562. The van der Waals surface area contributed by atoms with Crippen LogP contribution < -0.4 is 15.8 Å². The molecule has 0 radical (unpaired) electrons. The zero-order chi connectivity index (χ0) is 15.7. The second-order valence-corrected chi connectivity index (χ2v) is 5.40. The number of hydrogen-bond donors (Lipinski definition) is 2. The van der Waals surface area contributed by atoms with E-state index in [1.165, 1.54) is 0 Å². The Labute approximate surface area is 126 Å². The highest BCUT2D eigenvalue weighted by Crippen LogP contribution is 2.24. The zero-order valence-electron chi connectivity index (χ0n) is 13.1. The van der Waals surface area contributed by atoms with E-state index in [0.29, 0.717) is 42.7 Å². The number of benzene rings is 1. The van der Waals surface area contributed by atoms with Crippen LogP contribution in [0.3, 0.4) is 0 Å². The van der Waals surface area contributed by atoms with Gasteiger partial charge in [-0.05, 0) is 30.9 Å². The average Bonchev–Trinajstić information content (AvgIpc) is 2.44. The van der Waals surface area contributed by atoms with Crippen LogP contribution in [0.1, 0.15) is 33.1 Å². The molecule has 5 heteroatoms. The molecule has 3 N–H and O–H groups in total. The molecule has 118 valence electrons. The summed E-state index contributed by atoms with van der Waals surface area (Å²) in [5.74, 6) is 1.25. The van der Waals surface area contributed by atoms with Crippen molar-refractivity contribution in [2.24, 2.45) is 5.92 Å². The van der Waals surface area contributed by atoms with Gasteiger partial charge in [-0.2, -0.15) is 0 Å². The van der Waals surface area contributed by atoms with E-state index in [9.17, 15) is 4.79 Å². The molecule has 5 nitrogen and oxygen atoms in total. The second-order valence-electron chi connectivity index (χ2n) is 5.40. The van der Waals surface area contributed by atoms with Gasteiger partial charge < -0.3 is 20.5 Å². The zero-order valence-corrected chi connectivity index (χ0v) is 13.1. The van der Waals surface area contributed by atoms with Crippen LogP contribution in [0.4, 0.5) is 11.4 Å². The van der Waals surface area contributed by atoms with Gasteiger partial charge in [-0.25, -0.2) is 0 Å². The van der Waals surface area contributed by atoms with E-state index in [4.69, 9.17) is 15.2 Å². The molecule has 0 saturated heterocycles. The third-order valence-corrected chi connectivity index (χ3v) is 3.08. The molecule has 0 aliphatic carbocycles. The van der Waals surface area contributed by atoms with E-state index >= 15 is 0 Å². The van der Waals surface area contributed by atoms with Gasteiger partial charge in [-0.15, -0.1) is 0 Å². The molecule has 0 heterocycles. The van der Waals surface area contributed by atoms with Gasteiger partial charge in [-0.1, -0.05) is 13.8 Å². The first-order valence-corrected chi connectivity index (χ1v) is 7.34. The largest absolute Gasteiger partial charge is 0.497 e. The number of anilines is 2. The molecule has 1 rings (SSSR count). The lowest BCUT2D eigenvalue weighted by Gasteiger charge is -2.10. The topological polar surface area (TPSA) is 73.6 Å². The number of rotatable bonds is 9. The van der Waals surface area contributed by atoms with E-state index in [1.54, 1.807) is 25.3 Å². The molecule has 0 fully saturated rings. The summed E-state index contributed by atoms with van der Waals surface area (Å²) >= 11 is 0. The fourth-order valence-corrected chi connectivity index (χ4v) is 1.85. The molecule has 0 aromatic heterocycles. The molecule has 1 amide bonds. The van der Waals surface area contributed by atoms with Gasteiger partial charge in [0.25, 0.3) is 0 Å². The van der Waals surface area contributed by atoms with Crippen molar-refractivity contribution in [3.8, 4) is 5.75 Å². The number of carbonyl (C=O) groups excluding carboxylic acids is 1. The molecular weight excluding hydrogens is 268 g/mol. The number of methoxy groups -OCH3 is 1. The second kappa shape index (κ2) is 9.23. The van der Waals surface area contributed by atoms with Crippen LogP contribution >= 0.6 is 0 Å². The van der Waals surface area contributed by atoms with Gasteiger partial charge in [0.15, 0.2) is 0 Å². The molecule has 0 saturated carbocycles. The van der Waals surface area contributed by atoms with Crippen molar-refractivity contribution in [3.05, 3.63) is 18.2 Å². The Balaban J connectivity index is 2.24. The lowest BCUT2D eigenvalue weighted by molar-refractivity contribution is -0.117. The smallest absolute Gasteiger partial charge is 0.226 e. The fourth-order valence-electron chi connectivity index (χ4n) is 1.85. The Hall–Kier alpha value is -1.75. The van der Waals surface area contributed by atoms with Gasteiger partial charge in [-0.3, -0.25) is 4.79 Å². The number of nitrogen functional groups attached to an aromatic ring is 1. The van der Waals surface area contributed by atoms with Crippen LogP contribution in [-0.4, -0.2) is 26.2 Å². The first-order chi connectivity index (χ1) is 10.0. The molecule has 1 aromatic rings. The molecule has 21 heavy (non-hydrogen) atoms. The normalized spacial score (nSPS) is 10.7. The molecule has 0 bridgehead atoms. The maximum Gasteiger partial charge on any atom is 0.226 e. The molecule has 0 aliphatic heterocycles. The summed E-state index contributed by atoms with van der Waals surface area (Å²) < 4.78 is 10.5. The molecule has 0 unspecified atom stereocenters. The van der Waals surface area contributed by atoms with E-state index in [0.717, 1.165) is 12.8 Å². The minimum absolute atomic E-state index is 0.101. The van der Waals surface area contributed by atoms with E-state index < -0.39 is 0 Å². The van der Waals surface area contributed by atoms with Crippen LogP contribution in [0.2, 0.25) is 0 Å². The van der Waals surface area contributed by atoms with Gasteiger partial charge in [0.1, 0.15) is 5.75 Å². The Kier molecular flexibility index (Phi) is 7.61. The van der Waals surface area contributed by atoms with Crippen molar-refractivity contribution in [1.29, 1.82) is 0 Å². The third kappa shape index (κ3) is 6.99. The Morgan fingerprint density at radius 3 is 2.71 bits per heavy atom. The summed E-state index contributed by atoms with van der Waals surface area (Å²) in [6.07, 6.45) is 2.51. The van der Waals surface area contributed by atoms with Crippen LogP contribution in [0.25, 0.3) is 0 Å². The summed E-state index contributed by atoms with van der Waals surface area (Å²) in [7, 11) is 1.57. The first kappa shape index (κ1) is 17.3. The van der Waals surface area contributed by atoms with E-state index in [1.807, 2.05) is 0 Å². The minimum Gasteiger partial charge on any atom is -0.497 e. The lowest BCUT2D eigenvalue weighted by Crippen LogP contribution is -2.15. The van der Waals surface area contributed by atoms with Crippen molar-refractivity contribution < 1.29 is 14.3 Å². The van der Waals surface area contributed by atoms with Crippen molar-refractivity contribution in [2.45, 2.75) is 33.1 Å². The predicted octanol–water partition coefficient (Wildman–Crippen LogP) is 3.06. The maximum atomic E-state index is 11.8. The highest BCUT2D eigenvalue weighted by Gasteiger charge is 2.06. The quantitative estimate of drug-likeness (QED) is 0.542. The lowest BCUT2D eigenvalue weighted by atomic mass is 10.1. The van der Waals surface area contributed by atoms with Gasteiger partial charge in [0.2, 0.25) is 5.91 Å². The Morgan fingerprint density at radius 1 is 1.33 bits per heavy atom. The predicted molar refractivity (Wildman–Crippen MR) is 85.5 cm³/mol. The van der Waals surface area contributed by atoms with Gasteiger partial charge >= 0.3 is 0 Å². The van der Waals surface area contributed by atoms with Gasteiger partial charge in [0, 0.05) is 12.7 Å². The summed E-state index contributed by atoms with van der Waals surface area (Å²) in [4.78, 5) is 11.8. The monoisotopic (exact) mass is 294 g/mol. The van der Waals surface area contributed by atoms with Crippen LogP contribution in [-0.2, 0) is 9.53 Å². The summed E-state index contributed by atoms with van der Waals surface area (Å²) in [5.41, 5.74) is 6.93. The standard InChI is InChI=1S/C16H26N2O3/c1-12(2)5-4-9-21-10-8-16(19)18-15-7-6-13(20-3)11-14(15)17/h6-7,11-12H,4-5,8-10,17H2,1-3H3,(H,18,19). The molecule has 1 aromatic carbocycles. The highest BCUT2D eigenvalue weighted by molar-refractivity contribution is 5.94. The van der Waals surface area contributed by atoms with Crippen LogP contribution in [0.15, 0.2) is 18.2 Å². The molecule has 0 spiro atoms. The van der Waals surface area contributed by atoms with Crippen LogP contribution in [0, 0.1) is 5.92 Å². The summed E-state index contributed by atoms with van der Waals surface area (Å²) in [6, 6.07) is 5.17. The highest BCUT2D eigenvalue weighted by atomic mass is 16.5. The van der Waals surface area contributed by atoms with Crippen molar-refractivity contribution in [3.63, 3.8) is 0 Å². The molecule has 0 atom stereocenters. The Bertz CT molecular complexity index is 447. The average molecular weight is 294 g/mol.